The number of nitrogens with two attached hydrogens (primary N) is 1. The highest BCUT2D eigenvalue weighted by Gasteiger charge is 2.25. The molecule has 1 aliphatic heterocycles. The van der Waals surface area contributed by atoms with Crippen LogP contribution in [-0.4, -0.2) is 17.3 Å². The molecule has 0 radical (unpaired) electrons. The molecule has 1 aromatic carbocycles. The number of carbonyl (C=O) groups is 1. The predicted octanol–water partition coefficient (Wildman–Crippen LogP) is 5.13. The second-order valence-corrected chi connectivity index (χ2v) is 8.17. The molecular weight excluding hydrogens is 384 g/mol. The van der Waals surface area contributed by atoms with Crippen molar-refractivity contribution in [2.75, 3.05) is 6.79 Å². The first-order chi connectivity index (χ1) is 14.1. The number of aromatic nitrogens is 1. The molecule has 0 fully saturated rings. The maximum absolute atomic E-state index is 12.4. The van der Waals surface area contributed by atoms with E-state index in [9.17, 15) is 4.79 Å². The van der Waals surface area contributed by atoms with Gasteiger partial charge < -0.3 is 19.8 Å². The van der Waals surface area contributed by atoms with Crippen molar-refractivity contribution in [3.05, 3.63) is 57.5 Å². The topological polar surface area (TPSA) is 66.5 Å². The summed E-state index contributed by atoms with van der Waals surface area (Å²) in [5.41, 5.74) is 11.7. The molecule has 1 aliphatic rings. The van der Waals surface area contributed by atoms with Crippen LogP contribution in [-0.2, 0) is 13.0 Å². The molecule has 0 saturated carbocycles. The third kappa shape index (κ3) is 3.77. The smallest absolute Gasteiger partial charge is 0.251 e. The fourth-order valence-corrected chi connectivity index (χ4v) is 4.70. The lowest BCUT2D eigenvalue weighted by molar-refractivity contribution is 0.1000. The molecule has 0 bridgehead atoms. The van der Waals surface area contributed by atoms with E-state index in [1.165, 1.54) is 5.69 Å². The van der Waals surface area contributed by atoms with E-state index >= 15 is 0 Å². The highest BCUT2D eigenvalue weighted by molar-refractivity contribution is 7.08. The SMILES string of the molecule is CCCCCc1c(-c2ccsc2)c(C(N)=O)c(C)n1Cc1ccc2c(c1)OCO2. The van der Waals surface area contributed by atoms with Gasteiger partial charge in [-0.15, -0.1) is 0 Å². The molecule has 0 atom stereocenters. The van der Waals surface area contributed by atoms with E-state index < -0.39 is 0 Å². The number of primary amides is 1. The summed E-state index contributed by atoms with van der Waals surface area (Å²) in [6, 6.07) is 8.09. The van der Waals surface area contributed by atoms with Gasteiger partial charge in [0.1, 0.15) is 0 Å². The van der Waals surface area contributed by atoms with Crippen molar-refractivity contribution in [3.63, 3.8) is 0 Å². The number of hydrogen-bond donors (Lipinski definition) is 1. The Morgan fingerprint density at radius 3 is 2.76 bits per heavy atom. The molecule has 3 aromatic rings. The number of ether oxygens (including phenoxy) is 2. The lowest BCUT2D eigenvalue weighted by atomic mass is 9.99. The van der Waals surface area contributed by atoms with Crippen LogP contribution < -0.4 is 15.2 Å². The Morgan fingerprint density at radius 2 is 2.03 bits per heavy atom. The lowest BCUT2D eigenvalue weighted by Crippen LogP contribution is -2.13. The summed E-state index contributed by atoms with van der Waals surface area (Å²) < 4.78 is 13.2. The third-order valence-corrected chi connectivity index (χ3v) is 6.17. The Hall–Kier alpha value is -2.73. The normalized spacial score (nSPS) is 12.5. The van der Waals surface area contributed by atoms with Gasteiger partial charge in [-0.25, -0.2) is 0 Å². The van der Waals surface area contributed by atoms with E-state index in [1.807, 2.05) is 24.4 Å². The van der Waals surface area contributed by atoms with Crippen molar-refractivity contribution in [3.8, 4) is 22.6 Å². The number of amides is 1. The van der Waals surface area contributed by atoms with Crippen molar-refractivity contribution < 1.29 is 14.3 Å². The second-order valence-electron chi connectivity index (χ2n) is 7.39. The minimum atomic E-state index is -0.370. The van der Waals surface area contributed by atoms with Crippen molar-refractivity contribution in [2.24, 2.45) is 5.73 Å². The minimum absolute atomic E-state index is 0.262. The number of nitrogens with zero attached hydrogens (tertiary/aromatic N) is 1. The van der Waals surface area contributed by atoms with Crippen LogP contribution >= 0.6 is 11.3 Å². The van der Waals surface area contributed by atoms with E-state index in [0.717, 1.165) is 59.6 Å². The maximum atomic E-state index is 12.4. The molecule has 4 rings (SSSR count). The summed E-state index contributed by atoms with van der Waals surface area (Å²) in [5, 5.41) is 4.13. The van der Waals surface area contributed by atoms with E-state index in [2.05, 4.69) is 29.0 Å². The van der Waals surface area contributed by atoms with Gasteiger partial charge in [0.25, 0.3) is 5.91 Å². The van der Waals surface area contributed by atoms with Crippen LogP contribution in [0.2, 0.25) is 0 Å². The fraction of sp³-hybridized carbons (Fsp3) is 0.348. The zero-order chi connectivity index (χ0) is 20.4. The first-order valence-electron chi connectivity index (χ1n) is 10.0. The fourth-order valence-electron chi connectivity index (χ4n) is 4.06. The van der Waals surface area contributed by atoms with E-state index in [1.54, 1.807) is 11.3 Å². The quantitative estimate of drug-likeness (QED) is 0.523. The molecule has 0 unspecified atom stereocenters. The first-order valence-corrected chi connectivity index (χ1v) is 11.0. The van der Waals surface area contributed by atoms with Gasteiger partial charge in [-0.05, 0) is 59.9 Å². The Morgan fingerprint density at radius 1 is 1.21 bits per heavy atom. The number of thiophene rings is 1. The molecule has 0 aliphatic carbocycles. The van der Waals surface area contributed by atoms with Crippen molar-refractivity contribution >= 4 is 17.2 Å². The third-order valence-electron chi connectivity index (χ3n) is 5.48. The van der Waals surface area contributed by atoms with Gasteiger partial charge in [0, 0.05) is 23.5 Å². The van der Waals surface area contributed by atoms with Gasteiger partial charge in [-0.3, -0.25) is 4.79 Å². The molecule has 6 heteroatoms. The van der Waals surface area contributed by atoms with Crippen LogP contribution in [0.3, 0.4) is 0 Å². The largest absolute Gasteiger partial charge is 0.454 e. The average Bonchev–Trinajstić information content (AvgIpc) is 3.43. The second kappa shape index (κ2) is 8.33. The Bertz CT molecular complexity index is 1020. The standard InChI is InChI=1S/C23H26N2O3S/c1-3-4-5-6-18-22(17-9-10-29-13-17)21(23(24)26)15(2)25(18)12-16-7-8-19-20(11-16)28-14-27-19/h7-11,13H,3-6,12,14H2,1-2H3,(H2,24,26). The molecule has 5 nitrogen and oxygen atoms in total. The summed E-state index contributed by atoms with van der Waals surface area (Å²) in [6.07, 6.45) is 4.30. The highest BCUT2D eigenvalue weighted by Crippen LogP contribution is 2.37. The Balaban J connectivity index is 1.81. The molecule has 2 N–H and O–H groups in total. The molecule has 0 saturated heterocycles. The summed E-state index contributed by atoms with van der Waals surface area (Å²) in [4.78, 5) is 12.4. The summed E-state index contributed by atoms with van der Waals surface area (Å²) in [5.74, 6) is 1.18. The number of hydrogen-bond acceptors (Lipinski definition) is 4. The van der Waals surface area contributed by atoms with Crippen LogP contribution in [0, 0.1) is 6.92 Å². The van der Waals surface area contributed by atoms with Crippen molar-refractivity contribution in [1.82, 2.24) is 4.57 Å². The molecule has 2 aromatic heterocycles. The number of benzene rings is 1. The highest BCUT2D eigenvalue weighted by atomic mass is 32.1. The average molecular weight is 411 g/mol. The van der Waals surface area contributed by atoms with E-state index in [-0.39, 0.29) is 12.7 Å². The number of fused-ring (bicyclic) bond motifs is 1. The van der Waals surface area contributed by atoms with Gasteiger partial charge in [0.05, 0.1) is 5.56 Å². The van der Waals surface area contributed by atoms with Gasteiger partial charge in [0.15, 0.2) is 11.5 Å². The van der Waals surface area contributed by atoms with Gasteiger partial charge in [-0.2, -0.15) is 11.3 Å². The molecule has 152 valence electrons. The summed E-state index contributed by atoms with van der Waals surface area (Å²) in [7, 11) is 0. The molecule has 0 spiro atoms. The molecule has 29 heavy (non-hydrogen) atoms. The van der Waals surface area contributed by atoms with Gasteiger partial charge in [0.2, 0.25) is 6.79 Å². The minimum Gasteiger partial charge on any atom is -0.454 e. The van der Waals surface area contributed by atoms with E-state index in [0.29, 0.717) is 12.1 Å². The number of carbonyl (C=O) groups excluding carboxylic acids is 1. The molecule has 3 heterocycles. The predicted molar refractivity (Wildman–Crippen MR) is 116 cm³/mol. The van der Waals surface area contributed by atoms with Crippen molar-refractivity contribution in [1.29, 1.82) is 0 Å². The Kier molecular flexibility index (Phi) is 5.62. The van der Waals surface area contributed by atoms with Gasteiger partial charge >= 0.3 is 0 Å². The van der Waals surface area contributed by atoms with Crippen LogP contribution in [0.4, 0.5) is 0 Å². The lowest BCUT2D eigenvalue weighted by Gasteiger charge is -2.14. The van der Waals surface area contributed by atoms with E-state index in [4.69, 9.17) is 15.2 Å². The number of rotatable bonds is 8. The molecular formula is C23H26N2O3S. The zero-order valence-corrected chi connectivity index (χ0v) is 17.7. The monoisotopic (exact) mass is 410 g/mol. The van der Waals surface area contributed by atoms with Crippen molar-refractivity contribution in [2.45, 2.75) is 46.1 Å². The van der Waals surface area contributed by atoms with Crippen LogP contribution in [0.5, 0.6) is 11.5 Å². The summed E-state index contributed by atoms with van der Waals surface area (Å²) >= 11 is 1.63. The van der Waals surface area contributed by atoms with Crippen LogP contribution in [0.25, 0.3) is 11.1 Å². The van der Waals surface area contributed by atoms with Crippen LogP contribution in [0.15, 0.2) is 35.0 Å². The zero-order valence-electron chi connectivity index (χ0n) is 16.9. The Labute approximate surface area is 175 Å². The maximum Gasteiger partial charge on any atom is 0.251 e. The van der Waals surface area contributed by atoms with Gasteiger partial charge in [-0.1, -0.05) is 25.8 Å². The first kappa shape index (κ1) is 19.6. The van der Waals surface area contributed by atoms with Crippen LogP contribution in [0.1, 0.15) is 53.5 Å². The molecule has 1 amide bonds. The summed E-state index contributed by atoms with van der Waals surface area (Å²) in [6.45, 7) is 5.11. The number of unbranched alkanes of at least 4 members (excludes halogenated alkanes) is 2.